The molecule has 0 aliphatic carbocycles. The lowest BCUT2D eigenvalue weighted by Gasteiger charge is -2.10. The molecule has 0 bridgehead atoms. The highest BCUT2D eigenvalue weighted by Gasteiger charge is 2.07. The van der Waals surface area contributed by atoms with Crippen LogP contribution in [-0.2, 0) is 11.3 Å². The van der Waals surface area contributed by atoms with E-state index in [4.69, 9.17) is 10.5 Å². The van der Waals surface area contributed by atoms with Crippen LogP contribution in [0.2, 0.25) is 0 Å². The van der Waals surface area contributed by atoms with Crippen molar-refractivity contribution in [3.63, 3.8) is 0 Å². The molecule has 0 saturated carbocycles. The number of aromatic nitrogens is 1. The van der Waals surface area contributed by atoms with Gasteiger partial charge in [0.15, 0.2) is 6.61 Å². The molecule has 5 heteroatoms. The van der Waals surface area contributed by atoms with E-state index in [1.54, 1.807) is 6.07 Å². The van der Waals surface area contributed by atoms with E-state index >= 15 is 0 Å². The number of rotatable bonds is 5. The second-order valence-electron chi connectivity index (χ2n) is 4.30. The Balaban J connectivity index is 1.93. The van der Waals surface area contributed by atoms with Crippen molar-refractivity contribution >= 4 is 11.6 Å². The Labute approximate surface area is 117 Å². The Kier molecular flexibility index (Phi) is 4.68. The fourth-order valence-electron chi connectivity index (χ4n) is 1.74. The van der Waals surface area contributed by atoms with Gasteiger partial charge in [0, 0.05) is 17.9 Å². The van der Waals surface area contributed by atoms with Gasteiger partial charge in [-0.15, -0.1) is 0 Å². The number of nitrogens with one attached hydrogen (secondary N) is 1. The van der Waals surface area contributed by atoms with E-state index in [0.717, 1.165) is 11.4 Å². The molecule has 1 aromatic heterocycles. The average Bonchev–Trinajstić information content (AvgIpc) is 2.47. The molecule has 3 N–H and O–H groups in total. The maximum atomic E-state index is 11.8. The molecule has 0 radical (unpaired) electrons. The highest BCUT2D eigenvalue weighted by molar-refractivity contribution is 5.91. The quantitative estimate of drug-likeness (QED) is 0.870. The van der Waals surface area contributed by atoms with E-state index < -0.39 is 0 Å². The molecule has 0 fully saturated rings. The van der Waals surface area contributed by atoms with Gasteiger partial charge in [-0.25, -0.2) is 0 Å². The number of anilines is 1. The first-order chi connectivity index (χ1) is 9.69. The van der Waals surface area contributed by atoms with Gasteiger partial charge in [0.1, 0.15) is 5.75 Å². The van der Waals surface area contributed by atoms with Gasteiger partial charge in [-0.05, 0) is 31.2 Å². The van der Waals surface area contributed by atoms with Crippen LogP contribution in [0, 0.1) is 6.92 Å². The lowest BCUT2D eigenvalue weighted by molar-refractivity contribution is -0.118. The number of hydrogen-bond donors (Lipinski definition) is 2. The summed E-state index contributed by atoms with van der Waals surface area (Å²) in [7, 11) is 0. The standard InChI is InChI=1S/C15H17N3O2/c1-11-7-8-14(13(9-16)17-11)20-10-15(19)18-12-5-3-2-4-6-12/h2-8H,9-10,16H2,1H3,(H,18,19). The second kappa shape index (κ2) is 6.68. The Morgan fingerprint density at radius 1 is 1.25 bits per heavy atom. The summed E-state index contributed by atoms with van der Waals surface area (Å²) in [4.78, 5) is 16.0. The molecule has 5 nitrogen and oxygen atoms in total. The molecule has 2 rings (SSSR count). The number of para-hydroxylation sites is 1. The van der Waals surface area contributed by atoms with E-state index in [0.29, 0.717) is 11.4 Å². The average molecular weight is 271 g/mol. The number of carbonyl (C=O) groups excluding carboxylic acids is 1. The zero-order chi connectivity index (χ0) is 14.4. The van der Waals surface area contributed by atoms with E-state index in [1.165, 1.54) is 0 Å². The second-order valence-corrected chi connectivity index (χ2v) is 4.30. The molecule has 0 spiro atoms. The Bertz CT molecular complexity index is 585. The number of amides is 1. The Morgan fingerprint density at radius 2 is 2.00 bits per heavy atom. The van der Waals surface area contributed by atoms with Gasteiger partial charge in [0.25, 0.3) is 5.91 Å². The smallest absolute Gasteiger partial charge is 0.262 e. The van der Waals surface area contributed by atoms with Crippen LogP contribution >= 0.6 is 0 Å². The van der Waals surface area contributed by atoms with Crippen molar-refractivity contribution < 1.29 is 9.53 Å². The molecule has 0 atom stereocenters. The third-order valence-corrected chi connectivity index (χ3v) is 2.68. The molecule has 104 valence electrons. The topological polar surface area (TPSA) is 77.2 Å². The minimum absolute atomic E-state index is 0.0768. The summed E-state index contributed by atoms with van der Waals surface area (Å²) in [6.45, 7) is 2.08. The van der Waals surface area contributed by atoms with Crippen LogP contribution in [0.25, 0.3) is 0 Å². The van der Waals surface area contributed by atoms with Crippen LogP contribution in [0.5, 0.6) is 5.75 Å². The number of benzene rings is 1. The number of nitrogens with two attached hydrogens (primary N) is 1. The van der Waals surface area contributed by atoms with Crippen LogP contribution in [0.15, 0.2) is 42.5 Å². The van der Waals surface area contributed by atoms with Gasteiger partial charge in [-0.2, -0.15) is 0 Å². The Morgan fingerprint density at radius 3 is 2.70 bits per heavy atom. The summed E-state index contributed by atoms with van der Waals surface area (Å²) in [5.74, 6) is 0.320. The van der Waals surface area contributed by atoms with Crippen LogP contribution in [-0.4, -0.2) is 17.5 Å². The van der Waals surface area contributed by atoms with Crippen LogP contribution in [0.1, 0.15) is 11.4 Å². The van der Waals surface area contributed by atoms with E-state index in [2.05, 4.69) is 10.3 Å². The molecule has 20 heavy (non-hydrogen) atoms. The van der Waals surface area contributed by atoms with Crippen molar-refractivity contribution in [1.29, 1.82) is 0 Å². The maximum absolute atomic E-state index is 11.8. The molecular weight excluding hydrogens is 254 g/mol. The van der Waals surface area contributed by atoms with E-state index in [9.17, 15) is 4.79 Å². The first kappa shape index (κ1) is 14.0. The first-order valence-electron chi connectivity index (χ1n) is 6.33. The number of hydrogen-bond acceptors (Lipinski definition) is 4. The first-order valence-corrected chi connectivity index (χ1v) is 6.33. The molecule has 0 aliphatic heterocycles. The predicted molar refractivity (Wildman–Crippen MR) is 77.4 cm³/mol. The third-order valence-electron chi connectivity index (χ3n) is 2.68. The van der Waals surface area contributed by atoms with Gasteiger partial charge in [0.05, 0.1) is 5.69 Å². The van der Waals surface area contributed by atoms with Gasteiger partial charge >= 0.3 is 0 Å². The number of nitrogens with zero attached hydrogens (tertiary/aromatic N) is 1. The van der Waals surface area contributed by atoms with Gasteiger partial charge < -0.3 is 15.8 Å². The number of carbonyl (C=O) groups is 1. The fraction of sp³-hybridized carbons (Fsp3) is 0.200. The predicted octanol–water partition coefficient (Wildman–Crippen LogP) is 1.87. The summed E-state index contributed by atoms with van der Waals surface area (Å²) in [6, 6.07) is 12.8. The van der Waals surface area contributed by atoms with Crippen molar-refractivity contribution in [3.8, 4) is 5.75 Å². The summed E-state index contributed by atoms with van der Waals surface area (Å²) in [5.41, 5.74) is 7.86. The number of aryl methyl sites for hydroxylation is 1. The molecular formula is C15H17N3O2. The van der Waals surface area contributed by atoms with Gasteiger partial charge in [0.2, 0.25) is 0 Å². The number of pyridine rings is 1. The van der Waals surface area contributed by atoms with Crippen LogP contribution in [0.3, 0.4) is 0 Å². The highest BCUT2D eigenvalue weighted by Crippen LogP contribution is 2.16. The van der Waals surface area contributed by atoms with Crippen LogP contribution < -0.4 is 15.8 Å². The largest absolute Gasteiger partial charge is 0.482 e. The van der Waals surface area contributed by atoms with Gasteiger partial charge in [-0.1, -0.05) is 18.2 Å². The van der Waals surface area contributed by atoms with E-state index in [-0.39, 0.29) is 19.1 Å². The molecule has 0 unspecified atom stereocenters. The highest BCUT2D eigenvalue weighted by atomic mass is 16.5. The lowest BCUT2D eigenvalue weighted by atomic mass is 10.3. The molecule has 0 saturated heterocycles. The Hall–Kier alpha value is -2.40. The summed E-state index contributed by atoms with van der Waals surface area (Å²) < 4.78 is 5.46. The normalized spacial score (nSPS) is 10.1. The van der Waals surface area contributed by atoms with Crippen molar-refractivity contribution in [2.75, 3.05) is 11.9 Å². The minimum atomic E-state index is -0.222. The molecule has 1 amide bonds. The minimum Gasteiger partial charge on any atom is -0.482 e. The van der Waals surface area contributed by atoms with Crippen LogP contribution in [0.4, 0.5) is 5.69 Å². The van der Waals surface area contributed by atoms with Gasteiger partial charge in [-0.3, -0.25) is 9.78 Å². The molecule has 2 aromatic rings. The molecule has 1 aromatic carbocycles. The summed E-state index contributed by atoms with van der Waals surface area (Å²) >= 11 is 0. The molecule has 1 heterocycles. The van der Waals surface area contributed by atoms with Crippen molar-refractivity contribution in [2.24, 2.45) is 5.73 Å². The van der Waals surface area contributed by atoms with Crippen molar-refractivity contribution in [2.45, 2.75) is 13.5 Å². The zero-order valence-electron chi connectivity index (χ0n) is 11.3. The van der Waals surface area contributed by atoms with Crippen molar-refractivity contribution in [1.82, 2.24) is 4.98 Å². The van der Waals surface area contributed by atoms with Crippen molar-refractivity contribution in [3.05, 3.63) is 53.9 Å². The zero-order valence-corrected chi connectivity index (χ0v) is 11.3. The molecule has 0 aliphatic rings. The SMILES string of the molecule is Cc1ccc(OCC(=O)Nc2ccccc2)c(CN)n1. The fourth-order valence-corrected chi connectivity index (χ4v) is 1.74. The monoisotopic (exact) mass is 271 g/mol. The third kappa shape index (κ3) is 3.80. The lowest BCUT2D eigenvalue weighted by Crippen LogP contribution is -2.21. The summed E-state index contributed by atoms with van der Waals surface area (Å²) in [6.07, 6.45) is 0. The summed E-state index contributed by atoms with van der Waals surface area (Å²) in [5, 5.41) is 2.75. The van der Waals surface area contributed by atoms with E-state index in [1.807, 2.05) is 43.3 Å². The maximum Gasteiger partial charge on any atom is 0.262 e. The number of ether oxygens (including phenoxy) is 1.